The third-order valence-corrected chi connectivity index (χ3v) is 8.16. The van der Waals surface area contributed by atoms with E-state index >= 15 is 0 Å². The van der Waals surface area contributed by atoms with Gasteiger partial charge in [0.1, 0.15) is 11.6 Å². The van der Waals surface area contributed by atoms with Gasteiger partial charge in [-0.3, -0.25) is 9.10 Å². The fraction of sp³-hybridized carbons (Fsp3) is 0.240. The van der Waals surface area contributed by atoms with Gasteiger partial charge in [0, 0.05) is 24.2 Å². The van der Waals surface area contributed by atoms with Crippen molar-refractivity contribution in [1.82, 2.24) is 0 Å². The average molecular weight is 469 g/mol. The van der Waals surface area contributed by atoms with E-state index in [2.05, 4.69) is 0 Å². The van der Waals surface area contributed by atoms with Crippen molar-refractivity contribution in [2.24, 2.45) is 0 Å². The van der Waals surface area contributed by atoms with Gasteiger partial charge in [0.25, 0.3) is 15.9 Å². The normalized spacial score (nSPS) is 17.6. The molecule has 5 rings (SSSR count). The highest BCUT2D eigenvalue weighted by Crippen LogP contribution is 2.37. The molecule has 1 atom stereocenters. The fourth-order valence-corrected chi connectivity index (χ4v) is 6.56. The Morgan fingerprint density at radius 2 is 1.79 bits per heavy atom. The number of benzene rings is 3. The number of rotatable bonds is 3. The molecule has 3 aromatic carbocycles. The Morgan fingerprint density at radius 3 is 2.61 bits per heavy atom. The number of para-hydroxylation sites is 1. The van der Waals surface area contributed by atoms with Gasteiger partial charge in [-0.05, 0) is 67.6 Å². The molecule has 8 heteroatoms. The fourth-order valence-electron chi connectivity index (χ4n) is 4.82. The monoisotopic (exact) mass is 468 g/mol. The van der Waals surface area contributed by atoms with E-state index in [0.717, 1.165) is 11.6 Å². The Labute approximate surface area is 191 Å². The zero-order valence-corrected chi connectivity index (χ0v) is 18.8. The van der Waals surface area contributed by atoms with Crippen LogP contribution >= 0.6 is 0 Å². The van der Waals surface area contributed by atoms with Crippen LogP contribution in [-0.2, 0) is 22.9 Å². The minimum atomic E-state index is -3.92. The van der Waals surface area contributed by atoms with Crippen LogP contribution in [0.4, 0.5) is 20.2 Å². The molecule has 2 aliphatic heterocycles. The van der Waals surface area contributed by atoms with Crippen molar-refractivity contribution >= 4 is 27.3 Å². The lowest BCUT2D eigenvalue weighted by atomic mass is 10.00. The largest absolute Gasteiger partial charge is 0.305 e. The first-order chi connectivity index (χ1) is 15.8. The van der Waals surface area contributed by atoms with Gasteiger partial charge >= 0.3 is 0 Å². The molecular formula is C25H22F2N2O3S. The summed E-state index contributed by atoms with van der Waals surface area (Å²) in [7, 11) is -3.92. The minimum Gasteiger partial charge on any atom is -0.305 e. The molecule has 0 aliphatic carbocycles. The molecule has 0 bridgehead atoms. The van der Waals surface area contributed by atoms with Crippen molar-refractivity contribution in [3.05, 3.63) is 89.0 Å². The Bertz CT molecular complexity index is 1370. The van der Waals surface area contributed by atoms with Gasteiger partial charge < -0.3 is 4.90 Å². The van der Waals surface area contributed by atoms with Crippen LogP contribution in [0.15, 0.2) is 65.6 Å². The second-order valence-electron chi connectivity index (χ2n) is 8.47. The summed E-state index contributed by atoms with van der Waals surface area (Å²) in [6.07, 6.45) is 1.63. The zero-order valence-electron chi connectivity index (χ0n) is 18.0. The highest BCUT2D eigenvalue weighted by atomic mass is 32.2. The SMILES string of the molecule is CC1Cc2ccccc2N1S(=O)(=O)c1cccc(C(=O)N2CCCc3cc(F)cc(F)c32)c1. The Balaban J connectivity index is 1.52. The number of anilines is 2. The predicted molar refractivity (Wildman–Crippen MR) is 122 cm³/mol. The lowest BCUT2D eigenvalue weighted by Gasteiger charge is -2.30. The summed E-state index contributed by atoms with van der Waals surface area (Å²) < 4.78 is 56.7. The van der Waals surface area contributed by atoms with Crippen molar-refractivity contribution in [1.29, 1.82) is 0 Å². The van der Waals surface area contributed by atoms with Crippen molar-refractivity contribution in [3.63, 3.8) is 0 Å². The molecule has 170 valence electrons. The highest BCUT2D eigenvalue weighted by molar-refractivity contribution is 7.92. The molecule has 1 amide bonds. The Hall–Kier alpha value is -3.26. The summed E-state index contributed by atoms with van der Waals surface area (Å²) in [6, 6.07) is 14.9. The number of hydrogen-bond donors (Lipinski definition) is 0. The second-order valence-corrected chi connectivity index (χ2v) is 10.3. The third-order valence-electron chi connectivity index (χ3n) is 6.23. The number of halogens is 2. The summed E-state index contributed by atoms with van der Waals surface area (Å²) in [5.74, 6) is -2.01. The van der Waals surface area contributed by atoms with Crippen LogP contribution in [0.3, 0.4) is 0 Å². The molecule has 33 heavy (non-hydrogen) atoms. The van der Waals surface area contributed by atoms with Gasteiger partial charge in [-0.2, -0.15) is 0 Å². The van der Waals surface area contributed by atoms with Crippen LogP contribution in [0.25, 0.3) is 0 Å². The maximum Gasteiger partial charge on any atom is 0.264 e. The quantitative estimate of drug-likeness (QED) is 0.560. The first kappa shape index (κ1) is 21.6. The lowest BCUT2D eigenvalue weighted by molar-refractivity contribution is 0.0984. The van der Waals surface area contributed by atoms with E-state index in [1.54, 1.807) is 12.1 Å². The number of amides is 1. The van der Waals surface area contributed by atoms with Crippen LogP contribution < -0.4 is 9.21 Å². The van der Waals surface area contributed by atoms with E-state index in [0.29, 0.717) is 30.5 Å². The summed E-state index contributed by atoms with van der Waals surface area (Å²) in [5, 5.41) is 0. The van der Waals surface area contributed by atoms with E-state index in [4.69, 9.17) is 0 Å². The van der Waals surface area contributed by atoms with Crippen LogP contribution in [0, 0.1) is 11.6 Å². The molecule has 2 heterocycles. The molecule has 0 radical (unpaired) electrons. The summed E-state index contributed by atoms with van der Waals surface area (Å²) in [4.78, 5) is 14.6. The number of carbonyl (C=O) groups is 1. The van der Waals surface area contributed by atoms with Gasteiger partial charge in [0.05, 0.1) is 16.3 Å². The zero-order chi connectivity index (χ0) is 23.3. The van der Waals surface area contributed by atoms with E-state index < -0.39 is 27.6 Å². The van der Waals surface area contributed by atoms with E-state index in [1.807, 2.05) is 19.1 Å². The summed E-state index contributed by atoms with van der Waals surface area (Å²) in [5.41, 5.74) is 2.21. The first-order valence-corrected chi connectivity index (χ1v) is 12.2. The maximum absolute atomic E-state index is 14.6. The number of sulfonamides is 1. The van der Waals surface area contributed by atoms with Crippen LogP contribution in [0.1, 0.15) is 34.8 Å². The minimum absolute atomic E-state index is 0.00582. The van der Waals surface area contributed by atoms with Crippen LogP contribution in [-0.4, -0.2) is 26.9 Å². The molecule has 5 nitrogen and oxygen atoms in total. The maximum atomic E-state index is 14.6. The number of fused-ring (bicyclic) bond motifs is 2. The molecule has 2 aliphatic rings. The molecule has 1 unspecified atom stereocenters. The second kappa shape index (κ2) is 7.95. The third kappa shape index (κ3) is 3.58. The Morgan fingerprint density at radius 1 is 1.00 bits per heavy atom. The lowest BCUT2D eigenvalue weighted by Crippen LogP contribution is -2.37. The van der Waals surface area contributed by atoms with Crippen molar-refractivity contribution in [2.75, 3.05) is 15.7 Å². The molecule has 0 saturated carbocycles. The van der Waals surface area contributed by atoms with Gasteiger partial charge in [-0.1, -0.05) is 24.3 Å². The van der Waals surface area contributed by atoms with E-state index in [9.17, 15) is 22.0 Å². The number of nitrogens with zero attached hydrogens (tertiary/aromatic N) is 2. The predicted octanol–water partition coefficient (Wildman–Crippen LogP) is 4.70. The highest BCUT2D eigenvalue weighted by Gasteiger charge is 2.36. The molecule has 0 N–H and O–H groups in total. The van der Waals surface area contributed by atoms with Gasteiger partial charge in [0.2, 0.25) is 0 Å². The summed E-state index contributed by atoms with van der Waals surface area (Å²) in [6.45, 7) is 2.11. The Kier molecular flexibility index (Phi) is 5.20. The first-order valence-electron chi connectivity index (χ1n) is 10.8. The van der Waals surface area contributed by atoms with Crippen molar-refractivity contribution in [3.8, 4) is 0 Å². The number of aryl methyl sites for hydroxylation is 1. The van der Waals surface area contributed by atoms with Crippen LogP contribution in [0.2, 0.25) is 0 Å². The molecule has 0 spiro atoms. The molecule has 0 aromatic heterocycles. The molecular weight excluding hydrogens is 446 g/mol. The molecule has 0 fully saturated rings. The standard InChI is InChI=1S/C25H22F2N2O3S/c1-16-12-17-6-2-3-10-23(17)29(16)33(31,32)21-9-4-7-19(14-21)25(30)28-11-5-8-18-13-20(26)15-22(27)24(18)28/h2-4,6-7,9-10,13-16H,5,8,11-12H2,1H3. The number of hydrogen-bond acceptors (Lipinski definition) is 3. The van der Waals surface area contributed by atoms with Crippen LogP contribution in [0.5, 0.6) is 0 Å². The molecule has 3 aromatic rings. The van der Waals surface area contributed by atoms with Gasteiger partial charge in [0.15, 0.2) is 0 Å². The smallest absolute Gasteiger partial charge is 0.264 e. The van der Waals surface area contributed by atoms with Crippen molar-refractivity contribution in [2.45, 2.75) is 37.1 Å². The molecule has 0 saturated heterocycles. The van der Waals surface area contributed by atoms with E-state index in [1.165, 1.54) is 39.5 Å². The summed E-state index contributed by atoms with van der Waals surface area (Å²) >= 11 is 0. The van der Waals surface area contributed by atoms with Gasteiger partial charge in [-0.25, -0.2) is 17.2 Å². The van der Waals surface area contributed by atoms with E-state index in [-0.39, 0.29) is 28.7 Å². The van der Waals surface area contributed by atoms with Crippen molar-refractivity contribution < 1.29 is 22.0 Å². The topological polar surface area (TPSA) is 57.7 Å². The number of carbonyl (C=O) groups excluding carboxylic acids is 1. The average Bonchev–Trinajstić information content (AvgIpc) is 3.14. The van der Waals surface area contributed by atoms with Gasteiger partial charge in [-0.15, -0.1) is 0 Å².